The average Bonchev–Trinajstić information content (AvgIpc) is 3.24. The second-order valence-corrected chi connectivity index (χ2v) is 8.08. The molecule has 0 atom stereocenters. The molecule has 1 aromatic heterocycles. The lowest BCUT2D eigenvalue weighted by Gasteiger charge is -2.40. The molecule has 4 heterocycles. The van der Waals surface area contributed by atoms with Gasteiger partial charge in [-0.05, 0) is 19.3 Å². The maximum Gasteiger partial charge on any atom is 0.225 e. The summed E-state index contributed by atoms with van der Waals surface area (Å²) in [6.45, 7) is 7.60. The van der Waals surface area contributed by atoms with E-state index < -0.39 is 0 Å². The minimum absolute atomic E-state index is 0.0936. The number of hydrogen-bond acceptors (Lipinski definition) is 7. The smallest absolute Gasteiger partial charge is 0.225 e. The van der Waals surface area contributed by atoms with Crippen molar-refractivity contribution in [3.8, 4) is 0 Å². The van der Waals surface area contributed by atoms with E-state index in [9.17, 15) is 9.59 Å². The first-order valence-corrected chi connectivity index (χ1v) is 10.2. The summed E-state index contributed by atoms with van der Waals surface area (Å²) < 4.78 is 11.2. The highest BCUT2D eigenvalue weighted by atomic mass is 16.5. The first-order chi connectivity index (χ1) is 13.5. The molecule has 3 fully saturated rings. The van der Waals surface area contributed by atoms with Crippen LogP contribution in [0.4, 0.5) is 0 Å². The van der Waals surface area contributed by atoms with Crippen LogP contribution < -0.4 is 0 Å². The molecular formula is C19H29N5O4. The van der Waals surface area contributed by atoms with Crippen LogP contribution in [0.15, 0.2) is 4.52 Å². The number of ether oxygens (including phenoxy) is 1. The first-order valence-electron chi connectivity index (χ1n) is 10.2. The van der Waals surface area contributed by atoms with Crippen LogP contribution in [-0.4, -0.2) is 88.1 Å². The van der Waals surface area contributed by atoms with Crippen molar-refractivity contribution in [1.29, 1.82) is 0 Å². The van der Waals surface area contributed by atoms with Gasteiger partial charge in [0.2, 0.25) is 17.7 Å². The molecule has 2 amide bonds. The van der Waals surface area contributed by atoms with Crippen molar-refractivity contribution < 1.29 is 18.8 Å². The Balaban J connectivity index is 1.27. The van der Waals surface area contributed by atoms with Crippen LogP contribution >= 0.6 is 0 Å². The van der Waals surface area contributed by atoms with Crippen LogP contribution in [-0.2, 0) is 20.9 Å². The molecule has 3 aliphatic rings. The summed E-state index contributed by atoms with van der Waals surface area (Å²) >= 11 is 0. The van der Waals surface area contributed by atoms with Crippen molar-refractivity contribution in [2.75, 3.05) is 45.9 Å². The minimum Gasteiger partial charge on any atom is -0.373 e. The number of carbonyl (C=O) groups is 2. The Labute approximate surface area is 165 Å². The molecule has 9 nitrogen and oxygen atoms in total. The Hall–Kier alpha value is -2.00. The van der Waals surface area contributed by atoms with Crippen LogP contribution in [0.3, 0.4) is 0 Å². The maximum absolute atomic E-state index is 12.8. The van der Waals surface area contributed by atoms with Crippen molar-refractivity contribution in [3.63, 3.8) is 0 Å². The van der Waals surface area contributed by atoms with E-state index in [4.69, 9.17) is 9.26 Å². The normalized spacial score (nSPS) is 23.6. The van der Waals surface area contributed by atoms with Crippen molar-refractivity contribution in [3.05, 3.63) is 11.7 Å². The highest BCUT2D eigenvalue weighted by Gasteiger charge is 2.40. The number of piperidine rings is 1. The number of amides is 2. The lowest BCUT2D eigenvalue weighted by Crippen LogP contribution is -2.48. The molecule has 0 aliphatic carbocycles. The van der Waals surface area contributed by atoms with Crippen molar-refractivity contribution in [2.45, 2.75) is 51.2 Å². The molecule has 0 saturated carbocycles. The van der Waals surface area contributed by atoms with E-state index in [0.29, 0.717) is 44.3 Å². The molecule has 0 radical (unpaired) electrons. The molecule has 3 saturated heterocycles. The second kappa shape index (κ2) is 8.16. The fraction of sp³-hybridized carbons (Fsp3) is 0.789. The van der Waals surface area contributed by atoms with E-state index in [0.717, 1.165) is 52.0 Å². The molecule has 4 rings (SSSR count). The Morgan fingerprint density at radius 1 is 1.04 bits per heavy atom. The summed E-state index contributed by atoms with van der Waals surface area (Å²) in [4.78, 5) is 34.9. The van der Waals surface area contributed by atoms with Gasteiger partial charge in [-0.2, -0.15) is 4.98 Å². The summed E-state index contributed by atoms with van der Waals surface area (Å²) in [5.74, 6) is 1.42. The Morgan fingerprint density at radius 2 is 1.86 bits per heavy atom. The van der Waals surface area contributed by atoms with Crippen LogP contribution in [0.5, 0.6) is 0 Å². The van der Waals surface area contributed by atoms with Gasteiger partial charge in [-0.1, -0.05) is 5.16 Å². The SMILES string of the molecule is Cc1nc(CN2CCOC3(CCN(CCN4CCCC4=O)CC3)CC2=O)no1. The van der Waals surface area contributed by atoms with E-state index in [1.165, 1.54) is 0 Å². The molecule has 154 valence electrons. The van der Waals surface area contributed by atoms with E-state index in [1.807, 2.05) is 4.90 Å². The van der Waals surface area contributed by atoms with Gasteiger partial charge >= 0.3 is 0 Å². The number of aryl methyl sites for hydroxylation is 1. The topological polar surface area (TPSA) is 92.0 Å². The third kappa shape index (κ3) is 4.35. The van der Waals surface area contributed by atoms with E-state index in [2.05, 4.69) is 15.0 Å². The monoisotopic (exact) mass is 391 g/mol. The number of aromatic nitrogens is 2. The Kier molecular flexibility index (Phi) is 5.63. The van der Waals surface area contributed by atoms with Crippen LogP contribution in [0.25, 0.3) is 0 Å². The largest absolute Gasteiger partial charge is 0.373 e. The van der Waals surface area contributed by atoms with E-state index >= 15 is 0 Å². The highest BCUT2D eigenvalue weighted by Crippen LogP contribution is 2.32. The standard InChI is InChI=1S/C19H29N5O4/c1-15-20-16(21-28-15)14-24-11-12-27-19(13-18(24)26)4-7-22(8-5-19)9-10-23-6-2-3-17(23)25/h2-14H2,1H3. The molecule has 9 heteroatoms. The molecule has 28 heavy (non-hydrogen) atoms. The third-order valence-electron chi connectivity index (χ3n) is 6.12. The summed E-state index contributed by atoms with van der Waals surface area (Å²) in [5, 5.41) is 3.89. The van der Waals surface area contributed by atoms with Crippen LogP contribution in [0.2, 0.25) is 0 Å². The van der Waals surface area contributed by atoms with Gasteiger partial charge < -0.3 is 24.0 Å². The molecule has 0 unspecified atom stereocenters. The van der Waals surface area contributed by atoms with Gasteiger partial charge in [-0.25, -0.2) is 0 Å². The minimum atomic E-state index is -0.362. The third-order valence-corrected chi connectivity index (χ3v) is 6.12. The number of nitrogens with zero attached hydrogens (tertiary/aromatic N) is 5. The van der Waals surface area contributed by atoms with Crippen molar-refractivity contribution in [2.24, 2.45) is 0 Å². The van der Waals surface area contributed by atoms with Gasteiger partial charge in [0.05, 0.1) is 25.2 Å². The van der Waals surface area contributed by atoms with E-state index in [1.54, 1.807) is 11.8 Å². The van der Waals surface area contributed by atoms with Gasteiger partial charge in [-0.3, -0.25) is 9.59 Å². The molecule has 0 aromatic carbocycles. The molecule has 3 aliphatic heterocycles. The number of hydrogen-bond donors (Lipinski definition) is 0. The zero-order valence-corrected chi connectivity index (χ0v) is 16.6. The predicted molar refractivity (Wildman–Crippen MR) is 99.2 cm³/mol. The average molecular weight is 391 g/mol. The number of rotatable bonds is 5. The van der Waals surface area contributed by atoms with Gasteiger partial charge in [0.1, 0.15) is 0 Å². The molecular weight excluding hydrogens is 362 g/mol. The fourth-order valence-electron chi connectivity index (χ4n) is 4.39. The summed E-state index contributed by atoms with van der Waals surface area (Å²) in [5.41, 5.74) is -0.362. The van der Waals surface area contributed by atoms with Crippen LogP contribution in [0, 0.1) is 6.92 Å². The lowest BCUT2D eigenvalue weighted by atomic mass is 9.87. The summed E-state index contributed by atoms with van der Waals surface area (Å²) in [6.07, 6.45) is 3.78. The van der Waals surface area contributed by atoms with E-state index in [-0.39, 0.29) is 17.4 Å². The zero-order valence-electron chi connectivity index (χ0n) is 16.6. The fourth-order valence-corrected chi connectivity index (χ4v) is 4.39. The van der Waals surface area contributed by atoms with Crippen LogP contribution in [0.1, 0.15) is 43.8 Å². The summed E-state index contributed by atoms with van der Waals surface area (Å²) in [7, 11) is 0. The molecule has 1 spiro atoms. The lowest BCUT2D eigenvalue weighted by molar-refractivity contribution is -0.136. The Morgan fingerprint density at radius 3 is 2.54 bits per heavy atom. The molecule has 0 N–H and O–H groups in total. The highest BCUT2D eigenvalue weighted by molar-refractivity contribution is 5.78. The second-order valence-electron chi connectivity index (χ2n) is 8.08. The zero-order chi connectivity index (χ0) is 19.6. The number of carbonyl (C=O) groups excluding carboxylic acids is 2. The Bertz CT molecular complexity index is 713. The predicted octanol–water partition coefficient (Wildman–Crippen LogP) is 0.584. The van der Waals surface area contributed by atoms with Crippen molar-refractivity contribution in [1.82, 2.24) is 24.8 Å². The maximum atomic E-state index is 12.8. The van der Waals surface area contributed by atoms with Gasteiger partial charge in [0.15, 0.2) is 5.82 Å². The molecule has 1 aromatic rings. The summed E-state index contributed by atoms with van der Waals surface area (Å²) in [6, 6.07) is 0. The number of likely N-dealkylation sites (tertiary alicyclic amines) is 2. The van der Waals surface area contributed by atoms with Crippen molar-refractivity contribution >= 4 is 11.8 Å². The van der Waals surface area contributed by atoms with Gasteiger partial charge in [0, 0.05) is 52.6 Å². The first kappa shape index (κ1) is 19.3. The molecule has 0 bridgehead atoms. The quantitative estimate of drug-likeness (QED) is 0.725. The van der Waals surface area contributed by atoms with Gasteiger partial charge in [0.25, 0.3) is 0 Å². The van der Waals surface area contributed by atoms with Gasteiger partial charge in [-0.15, -0.1) is 0 Å².